The summed E-state index contributed by atoms with van der Waals surface area (Å²) in [5.41, 5.74) is 3.51. The van der Waals surface area contributed by atoms with Crippen LogP contribution in [0.2, 0.25) is 0 Å². The molecule has 0 amide bonds. The molecule has 0 spiro atoms. The van der Waals surface area contributed by atoms with E-state index in [1.807, 2.05) is 6.08 Å². The van der Waals surface area contributed by atoms with Gasteiger partial charge >= 0.3 is 0 Å². The smallest absolute Gasteiger partial charge is 0.228 e. The van der Waals surface area contributed by atoms with Crippen molar-refractivity contribution in [2.24, 2.45) is 5.92 Å². The lowest BCUT2D eigenvalue weighted by Crippen LogP contribution is -2.24. The number of rotatable bonds is 8. The number of carbonyl (C=O) groups excluding carboxylic acids is 2. The van der Waals surface area contributed by atoms with Gasteiger partial charge in [0, 0.05) is 11.1 Å². The molecular formula is C21H30O4. The Bertz CT molecular complexity index is 657. The second kappa shape index (κ2) is 9.40. The first kappa shape index (κ1) is 20.9. The van der Waals surface area contributed by atoms with Crippen molar-refractivity contribution < 1.29 is 19.1 Å². The van der Waals surface area contributed by atoms with E-state index in [9.17, 15) is 9.59 Å². The molecule has 0 heterocycles. The van der Waals surface area contributed by atoms with Crippen LogP contribution in [0.1, 0.15) is 53.9 Å². The van der Waals surface area contributed by atoms with Gasteiger partial charge in [0.25, 0.3) is 0 Å². The van der Waals surface area contributed by atoms with E-state index in [0.29, 0.717) is 23.5 Å². The summed E-state index contributed by atoms with van der Waals surface area (Å²) in [6, 6.07) is 0. The molecule has 0 N–H and O–H groups in total. The molecule has 1 aliphatic rings. The van der Waals surface area contributed by atoms with Crippen molar-refractivity contribution in [3.8, 4) is 0 Å². The molecule has 0 radical (unpaired) electrons. The molecule has 0 bridgehead atoms. The highest BCUT2D eigenvalue weighted by Crippen LogP contribution is 2.28. The fraction of sp³-hybridized carbons (Fsp3) is 0.524. The first-order valence-corrected chi connectivity index (χ1v) is 8.68. The van der Waals surface area contributed by atoms with E-state index in [1.54, 1.807) is 6.92 Å². The van der Waals surface area contributed by atoms with E-state index >= 15 is 0 Å². The minimum absolute atomic E-state index is 0.00496. The van der Waals surface area contributed by atoms with Crippen LogP contribution in [0.5, 0.6) is 0 Å². The molecule has 0 aliphatic heterocycles. The Morgan fingerprint density at radius 2 is 1.56 bits per heavy atom. The summed E-state index contributed by atoms with van der Waals surface area (Å²) >= 11 is 0. The lowest BCUT2D eigenvalue weighted by Gasteiger charge is -2.19. The fourth-order valence-corrected chi connectivity index (χ4v) is 2.58. The molecule has 1 aliphatic carbocycles. The van der Waals surface area contributed by atoms with Gasteiger partial charge in [-0.15, -0.1) is 0 Å². The summed E-state index contributed by atoms with van der Waals surface area (Å²) in [5.74, 6) is 0.00197. The zero-order valence-corrected chi connectivity index (χ0v) is 16.5. The molecule has 0 unspecified atom stereocenters. The highest BCUT2D eigenvalue weighted by Gasteiger charge is 2.33. The van der Waals surface area contributed by atoms with Crippen molar-refractivity contribution in [3.63, 3.8) is 0 Å². The van der Waals surface area contributed by atoms with Gasteiger partial charge in [-0.3, -0.25) is 9.59 Å². The Kier molecular flexibility index (Phi) is 7.88. The topological polar surface area (TPSA) is 52.6 Å². The van der Waals surface area contributed by atoms with E-state index in [2.05, 4.69) is 33.8 Å². The van der Waals surface area contributed by atoms with E-state index in [4.69, 9.17) is 9.47 Å². The summed E-state index contributed by atoms with van der Waals surface area (Å²) < 4.78 is 10.1. The molecule has 0 aromatic heterocycles. The quantitative estimate of drug-likeness (QED) is 0.473. The summed E-state index contributed by atoms with van der Waals surface area (Å²) in [7, 11) is 2.75. The molecule has 1 rings (SSSR count). The van der Waals surface area contributed by atoms with E-state index < -0.39 is 0 Å². The molecule has 0 saturated carbocycles. The van der Waals surface area contributed by atoms with Crippen LogP contribution in [0.3, 0.4) is 0 Å². The third-order valence-corrected chi connectivity index (χ3v) is 4.66. The minimum atomic E-state index is -0.282. The molecule has 0 aromatic rings. The summed E-state index contributed by atoms with van der Waals surface area (Å²) in [5, 5.41) is 0. The monoisotopic (exact) mass is 346 g/mol. The SMILES string of the molecule is COC1=C(OC)C(=O)C(C/C=C(\C)CC/C=C(\C)C(C)C)=C(C)C1=O. The minimum Gasteiger partial charge on any atom is -0.489 e. The van der Waals surface area contributed by atoms with Gasteiger partial charge in [0.1, 0.15) is 0 Å². The number of hydrogen-bond donors (Lipinski definition) is 0. The van der Waals surface area contributed by atoms with Gasteiger partial charge in [0.05, 0.1) is 14.2 Å². The molecule has 0 aromatic carbocycles. The zero-order chi connectivity index (χ0) is 19.1. The maximum atomic E-state index is 12.6. The number of carbonyl (C=O) groups is 2. The number of ketones is 2. The van der Waals surface area contributed by atoms with Crippen LogP contribution in [0, 0.1) is 5.92 Å². The Morgan fingerprint density at radius 3 is 2.08 bits per heavy atom. The number of ether oxygens (including phenoxy) is 2. The molecule has 0 atom stereocenters. The largest absolute Gasteiger partial charge is 0.489 e. The molecule has 0 fully saturated rings. The first-order chi connectivity index (χ1) is 11.7. The highest BCUT2D eigenvalue weighted by atomic mass is 16.5. The fourth-order valence-electron chi connectivity index (χ4n) is 2.58. The number of hydrogen-bond acceptors (Lipinski definition) is 4. The van der Waals surface area contributed by atoms with Crippen LogP contribution in [-0.2, 0) is 19.1 Å². The molecule has 4 nitrogen and oxygen atoms in total. The van der Waals surface area contributed by atoms with Crippen LogP contribution in [-0.4, -0.2) is 25.8 Å². The van der Waals surface area contributed by atoms with Crippen LogP contribution >= 0.6 is 0 Å². The Hall–Kier alpha value is -2.10. The van der Waals surface area contributed by atoms with Gasteiger partial charge in [-0.05, 0) is 46.0 Å². The average Bonchev–Trinajstić information content (AvgIpc) is 2.57. The normalized spacial score (nSPS) is 17.0. The number of allylic oxidation sites excluding steroid dienone is 6. The van der Waals surface area contributed by atoms with Crippen molar-refractivity contribution >= 4 is 11.6 Å². The lowest BCUT2D eigenvalue weighted by atomic mass is 9.90. The summed E-state index contributed by atoms with van der Waals surface area (Å²) in [6.07, 6.45) is 6.63. The Balaban J connectivity index is 2.85. The molecular weight excluding hydrogens is 316 g/mol. The standard InChI is InChI=1S/C21H30O4/c1-13(2)15(4)10-8-9-14(3)11-12-17-16(5)18(22)20(24-6)21(25-7)19(17)23/h10-11,13H,8-9,12H2,1-7H3/b14-11+,15-10+. The molecule has 25 heavy (non-hydrogen) atoms. The van der Waals surface area contributed by atoms with Crippen molar-refractivity contribution in [2.75, 3.05) is 14.2 Å². The van der Waals surface area contributed by atoms with Crippen molar-refractivity contribution in [1.29, 1.82) is 0 Å². The Morgan fingerprint density at radius 1 is 1.00 bits per heavy atom. The Labute approximate surface area is 151 Å². The second-order valence-electron chi connectivity index (χ2n) is 6.72. The van der Waals surface area contributed by atoms with Gasteiger partial charge in [-0.2, -0.15) is 0 Å². The predicted molar refractivity (Wildman–Crippen MR) is 100.0 cm³/mol. The van der Waals surface area contributed by atoms with E-state index in [-0.39, 0.29) is 23.1 Å². The molecule has 0 saturated heterocycles. The summed E-state index contributed by atoms with van der Waals surface area (Å²) in [6.45, 7) is 10.2. The highest BCUT2D eigenvalue weighted by molar-refractivity contribution is 6.23. The van der Waals surface area contributed by atoms with Gasteiger partial charge in [-0.25, -0.2) is 0 Å². The van der Waals surface area contributed by atoms with Crippen LogP contribution in [0.25, 0.3) is 0 Å². The maximum absolute atomic E-state index is 12.6. The van der Waals surface area contributed by atoms with Crippen molar-refractivity contribution in [1.82, 2.24) is 0 Å². The van der Waals surface area contributed by atoms with Gasteiger partial charge < -0.3 is 9.47 Å². The van der Waals surface area contributed by atoms with Crippen LogP contribution in [0.4, 0.5) is 0 Å². The lowest BCUT2D eigenvalue weighted by molar-refractivity contribution is -0.121. The molecule has 138 valence electrons. The van der Waals surface area contributed by atoms with E-state index in [0.717, 1.165) is 12.8 Å². The maximum Gasteiger partial charge on any atom is 0.228 e. The van der Waals surface area contributed by atoms with Crippen LogP contribution < -0.4 is 0 Å². The summed E-state index contributed by atoms with van der Waals surface area (Å²) in [4.78, 5) is 24.9. The number of Topliss-reactive ketones (excluding diaryl/α,β-unsaturated/α-hetero) is 2. The van der Waals surface area contributed by atoms with Crippen molar-refractivity contribution in [2.45, 2.75) is 53.9 Å². The van der Waals surface area contributed by atoms with E-state index in [1.165, 1.54) is 25.4 Å². The number of methoxy groups -OCH3 is 2. The van der Waals surface area contributed by atoms with Crippen LogP contribution in [0.15, 0.2) is 46.0 Å². The average molecular weight is 346 g/mol. The zero-order valence-electron chi connectivity index (χ0n) is 16.5. The molecule has 4 heteroatoms. The van der Waals surface area contributed by atoms with Gasteiger partial charge in [0.2, 0.25) is 23.1 Å². The third kappa shape index (κ3) is 5.18. The van der Waals surface area contributed by atoms with Gasteiger partial charge in [-0.1, -0.05) is 37.1 Å². The third-order valence-electron chi connectivity index (χ3n) is 4.66. The predicted octanol–water partition coefficient (Wildman–Crippen LogP) is 4.68. The second-order valence-corrected chi connectivity index (χ2v) is 6.72. The first-order valence-electron chi connectivity index (χ1n) is 8.68. The van der Waals surface area contributed by atoms with Crippen molar-refractivity contribution in [3.05, 3.63) is 46.0 Å². The van der Waals surface area contributed by atoms with Gasteiger partial charge in [0.15, 0.2) is 0 Å².